The van der Waals surface area contributed by atoms with Gasteiger partial charge in [0.15, 0.2) is 0 Å². The van der Waals surface area contributed by atoms with Gasteiger partial charge in [-0.1, -0.05) is 35.3 Å². The molecule has 0 bridgehead atoms. The van der Waals surface area contributed by atoms with Crippen LogP contribution in [0.1, 0.15) is 18.4 Å². The largest absolute Gasteiger partial charge is 0.366 e. The molecule has 0 radical (unpaired) electrons. The van der Waals surface area contributed by atoms with E-state index in [2.05, 4.69) is 31.5 Å². The summed E-state index contributed by atoms with van der Waals surface area (Å²) in [5, 5.41) is 12.2. The van der Waals surface area contributed by atoms with Crippen LogP contribution in [0.5, 0.6) is 0 Å². The molecular weight excluding hydrogens is 381 g/mol. The predicted octanol–water partition coefficient (Wildman–Crippen LogP) is 4.86. The van der Waals surface area contributed by atoms with Crippen LogP contribution < -0.4 is 5.32 Å². The molecule has 1 aliphatic heterocycles. The van der Waals surface area contributed by atoms with Crippen molar-refractivity contribution in [3.63, 3.8) is 0 Å². The Bertz CT molecular complexity index is 903. The minimum atomic E-state index is 0.394. The van der Waals surface area contributed by atoms with Crippen molar-refractivity contribution in [2.75, 3.05) is 18.4 Å². The highest BCUT2D eigenvalue weighted by atomic mass is 35.5. The summed E-state index contributed by atoms with van der Waals surface area (Å²) in [5.41, 5.74) is 3.30. The minimum absolute atomic E-state index is 0.394. The van der Waals surface area contributed by atoms with Crippen LogP contribution in [-0.2, 0) is 6.54 Å². The molecule has 5 nitrogen and oxygen atoms in total. The number of halogens is 2. The van der Waals surface area contributed by atoms with Gasteiger partial charge in [-0.15, -0.1) is 0 Å². The number of likely N-dealkylation sites (tertiary alicyclic amines) is 1. The first-order valence-corrected chi connectivity index (χ1v) is 9.82. The number of anilines is 1. The van der Waals surface area contributed by atoms with E-state index in [0.29, 0.717) is 11.1 Å². The molecular formula is C20H21Cl2N5. The number of benzene rings is 1. The van der Waals surface area contributed by atoms with Crippen LogP contribution in [0.4, 0.5) is 5.82 Å². The number of aromatic amines is 1. The topological polar surface area (TPSA) is 56.8 Å². The Morgan fingerprint density at radius 2 is 2.00 bits per heavy atom. The van der Waals surface area contributed by atoms with Gasteiger partial charge < -0.3 is 5.32 Å². The van der Waals surface area contributed by atoms with E-state index >= 15 is 0 Å². The Morgan fingerprint density at radius 1 is 1.15 bits per heavy atom. The van der Waals surface area contributed by atoms with Crippen LogP contribution in [0.25, 0.3) is 11.3 Å². The van der Waals surface area contributed by atoms with E-state index in [1.54, 1.807) is 6.20 Å². The van der Waals surface area contributed by atoms with Crippen molar-refractivity contribution >= 4 is 29.0 Å². The highest BCUT2D eigenvalue weighted by Crippen LogP contribution is 2.26. The van der Waals surface area contributed by atoms with Gasteiger partial charge in [0.2, 0.25) is 0 Å². The molecule has 0 saturated carbocycles. The number of H-pyrrole nitrogens is 1. The fourth-order valence-electron chi connectivity index (χ4n) is 3.49. The Hall–Kier alpha value is -2.08. The number of hydrogen-bond donors (Lipinski definition) is 2. The molecule has 0 unspecified atom stereocenters. The molecule has 4 rings (SSSR count). The molecule has 1 aliphatic rings. The van der Waals surface area contributed by atoms with Gasteiger partial charge in [0, 0.05) is 48.0 Å². The number of pyridine rings is 1. The fourth-order valence-corrected chi connectivity index (χ4v) is 3.85. The summed E-state index contributed by atoms with van der Waals surface area (Å²) in [7, 11) is 0. The molecule has 2 N–H and O–H groups in total. The van der Waals surface area contributed by atoms with Gasteiger partial charge in [0.25, 0.3) is 0 Å². The fraction of sp³-hybridized carbons (Fsp3) is 0.300. The molecule has 2 aromatic heterocycles. The van der Waals surface area contributed by atoms with Crippen molar-refractivity contribution in [1.29, 1.82) is 0 Å². The maximum atomic E-state index is 6.20. The zero-order valence-electron chi connectivity index (χ0n) is 14.8. The maximum Gasteiger partial charge on any atom is 0.144 e. The van der Waals surface area contributed by atoms with Gasteiger partial charge in [0.1, 0.15) is 5.82 Å². The van der Waals surface area contributed by atoms with Crippen molar-refractivity contribution in [3.05, 3.63) is 64.4 Å². The van der Waals surface area contributed by atoms with Crippen molar-refractivity contribution in [1.82, 2.24) is 20.1 Å². The first-order valence-electron chi connectivity index (χ1n) is 9.06. The Balaban J connectivity index is 1.36. The van der Waals surface area contributed by atoms with Crippen molar-refractivity contribution in [2.45, 2.75) is 25.4 Å². The molecule has 1 fully saturated rings. The SMILES string of the molecule is Clc1cccc(-c2[nH]ncc2CN2CCC(Nc3ncccc3Cl)CC2)c1. The van der Waals surface area contributed by atoms with E-state index in [-0.39, 0.29) is 0 Å². The lowest BCUT2D eigenvalue weighted by Gasteiger charge is -2.32. The molecule has 27 heavy (non-hydrogen) atoms. The molecule has 3 aromatic rings. The smallest absolute Gasteiger partial charge is 0.144 e. The van der Waals surface area contributed by atoms with Crippen LogP contribution in [0.3, 0.4) is 0 Å². The van der Waals surface area contributed by atoms with Crippen molar-refractivity contribution < 1.29 is 0 Å². The second-order valence-electron chi connectivity index (χ2n) is 6.81. The van der Waals surface area contributed by atoms with E-state index in [4.69, 9.17) is 23.2 Å². The summed E-state index contributed by atoms with van der Waals surface area (Å²) < 4.78 is 0. The quantitative estimate of drug-likeness (QED) is 0.640. The zero-order chi connectivity index (χ0) is 18.6. The standard InChI is InChI=1S/C20H21Cl2N5/c21-16-4-1-3-14(11-16)19-15(12-24-26-19)13-27-9-6-17(7-10-27)25-20-18(22)5-2-8-23-20/h1-5,8,11-12,17H,6-7,9-10,13H2,(H,23,25)(H,24,26). The third kappa shape index (κ3) is 4.43. The van der Waals surface area contributed by atoms with E-state index < -0.39 is 0 Å². The first kappa shape index (κ1) is 18.3. The van der Waals surface area contributed by atoms with Gasteiger partial charge in [0.05, 0.1) is 16.9 Å². The van der Waals surface area contributed by atoms with Gasteiger partial charge >= 0.3 is 0 Å². The number of nitrogens with one attached hydrogen (secondary N) is 2. The van der Waals surface area contributed by atoms with Crippen LogP contribution in [-0.4, -0.2) is 39.2 Å². The van der Waals surface area contributed by atoms with Gasteiger partial charge in [-0.25, -0.2) is 4.98 Å². The van der Waals surface area contributed by atoms with Gasteiger partial charge in [-0.2, -0.15) is 5.10 Å². The van der Waals surface area contributed by atoms with Gasteiger partial charge in [-0.05, 0) is 37.1 Å². The monoisotopic (exact) mass is 401 g/mol. The maximum absolute atomic E-state index is 6.20. The molecule has 0 aliphatic carbocycles. The van der Waals surface area contributed by atoms with Crippen LogP contribution in [0, 0.1) is 0 Å². The van der Waals surface area contributed by atoms with Gasteiger partial charge in [-0.3, -0.25) is 10.00 Å². The predicted molar refractivity (Wildman–Crippen MR) is 110 cm³/mol. The Morgan fingerprint density at radius 3 is 2.78 bits per heavy atom. The lowest BCUT2D eigenvalue weighted by atomic mass is 10.0. The van der Waals surface area contributed by atoms with Crippen molar-refractivity contribution in [3.8, 4) is 11.3 Å². The van der Waals surface area contributed by atoms with Crippen LogP contribution >= 0.6 is 23.2 Å². The van der Waals surface area contributed by atoms with Crippen molar-refractivity contribution in [2.24, 2.45) is 0 Å². The van der Waals surface area contributed by atoms with E-state index in [1.807, 2.05) is 36.5 Å². The Kier molecular flexibility index (Phi) is 5.62. The molecule has 7 heteroatoms. The molecule has 0 amide bonds. The molecule has 1 saturated heterocycles. The molecule has 3 heterocycles. The number of piperidine rings is 1. The minimum Gasteiger partial charge on any atom is -0.366 e. The first-order chi connectivity index (χ1) is 13.2. The summed E-state index contributed by atoms with van der Waals surface area (Å²) in [5.74, 6) is 0.774. The second-order valence-corrected chi connectivity index (χ2v) is 7.65. The van der Waals surface area contributed by atoms with E-state index in [1.165, 1.54) is 5.56 Å². The second kappa shape index (κ2) is 8.30. The average Bonchev–Trinajstić information content (AvgIpc) is 3.13. The number of nitrogens with zero attached hydrogens (tertiary/aromatic N) is 3. The summed E-state index contributed by atoms with van der Waals surface area (Å²) >= 11 is 12.3. The summed E-state index contributed by atoms with van der Waals surface area (Å²) in [6.07, 6.45) is 5.78. The molecule has 0 atom stereocenters. The average molecular weight is 402 g/mol. The van der Waals surface area contributed by atoms with E-state index in [9.17, 15) is 0 Å². The van der Waals surface area contributed by atoms with Crippen LogP contribution in [0.2, 0.25) is 10.0 Å². The summed E-state index contributed by atoms with van der Waals surface area (Å²) in [4.78, 5) is 6.78. The number of aromatic nitrogens is 3. The highest BCUT2D eigenvalue weighted by Gasteiger charge is 2.21. The molecule has 0 spiro atoms. The summed E-state index contributed by atoms with van der Waals surface area (Å²) in [6.45, 7) is 2.90. The number of hydrogen-bond acceptors (Lipinski definition) is 4. The lowest BCUT2D eigenvalue weighted by Crippen LogP contribution is -2.38. The molecule has 140 valence electrons. The Labute approximate surface area is 168 Å². The third-order valence-corrected chi connectivity index (χ3v) is 5.45. The lowest BCUT2D eigenvalue weighted by molar-refractivity contribution is 0.211. The molecule has 1 aromatic carbocycles. The zero-order valence-corrected chi connectivity index (χ0v) is 16.3. The number of rotatable bonds is 5. The summed E-state index contributed by atoms with van der Waals surface area (Å²) in [6, 6.07) is 12.0. The highest BCUT2D eigenvalue weighted by molar-refractivity contribution is 6.32. The van der Waals surface area contributed by atoms with Crippen LogP contribution in [0.15, 0.2) is 48.8 Å². The normalized spacial score (nSPS) is 15.8. The third-order valence-electron chi connectivity index (χ3n) is 4.91. The van der Waals surface area contributed by atoms with E-state index in [0.717, 1.165) is 54.6 Å².